The predicted molar refractivity (Wildman–Crippen MR) is 86.0 cm³/mol. The molecule has 7 heteroatoms. The molecule has 2 aromatic rings. The van der Waals surface area contributed by atoms with E-state index < -0.39 is 0 Å². The van der Waals surface area contributed by atoms with Crippen LogP contribution in [-0.2, 0) is 9.53 Å². The molecule has 118 valence electrons. The average molecular weight is 320 g/mol. The molecule has 1 aliphatic rings. The first-order valence-corrected chi connectivity index (χ1v) is 8.47. The van der Waals surface area contributed by atoms with E-state index in [1.165, 1.54) is 12.1 Å². The number of ether oxygens (including phenoxy) is 1. The molecule has 0 amide bonds. The van der Waals surface area contributed by atoms with Crippen molar-refractivity contribution < 1.29 is 9.53 Å². The van der Waals surface area contributed by atoms with E-state index in [9.17, 15) is 4.79 Å². The minimum absolute atomic E-state index is 0.159. The van der Waals surface area contributed by atoms with Crippen molar-refractivity contribution in [1.29, 1.82) is 0 Å². The average Bonchev–Trinajstić information content (AvgIpc) is 3.28. The Hall–Kier alpha value is -1.60. The predicted octanol–water partition coefficient (Wildman–Crippen LogP) is 2.55. The number of hydrogen-bond donors (Lipinski definition) is 1. The summed E-state index contributed by atoms with van der Waals surface area (Å²) in [5.74, 6) is 0.212. The van der Waals surface area contributed by atoms with Crippen molar-refractivity contribution in [3.8, 4) is 0 Å². The Kier molecular flexibility index (Phi) is 4.94. The third-order valence-corrected chi connectivity index (χ3v) is 4.48. The van der Waals surface area contributed by atoms with Crippen LogP contribution in [0, 0.1) is 5.92 Å². The van der Waals surface area contributed by atoms with Crippen molar-refractivity contribution in [2.24, 2.45) is 5.92 Å². The summed E-state index contributed by atoms with van der Waals surface area (Å²) in [4.78, 5) is 12.2. The van der Waals surface area contributed by atoms with Crippen LogP contribution in [0.4, 0.5) is 0 Å². The molecule has 1 atom stereocenters. The fourth-order valence-corrected chi connectivity index (χ4v) is 3.02. The summed E-state index contributed by atoms with van der Waals surface area (Å²) in [6.45, 7) is 2.58. The van der Waals surface area contributed by atoms with Crippen LogP contribution in [0.3, 0.4) is 0 Å². The van der Waals surface area contributed by atoms with Crippen LogP contribution in [0.2, 0.25) is 0 Å². The lowest BCUT2D eigenvalue weighted by atomic mass is 10.2. The molecule has 0 radical (unpaired) electrons. The lowest BCUT2D eigenvalue weighted by Crippen LogP contribution is -2.37. The van der Waals surface area contributed by atoms with Gasteiger partial charge in [0.2, 0.25) is 0 Å². The van der Waals surface area contributed by atoms with Crippen LogP contribution in [0.1, 0.15) is 32.6 Å². The molecule has 1 N–H and O–H groups in total. The first-order valence-electron chi connectivity index (χ1n) is 7.69. The van der Waals surface area contributed by atoms with E-state index in [1.54, 1.807) is 4.09 Å². The van der Waals surface area contributed by atoms with E-state index in [1.807, 2.05) is 24.3 Å². The van der Waals surface area contributed by atoms with Gasteiger partial charge in [-0.15, -0.1) is 5.10 Å². The van der Waals surface area contributed by atoms with E-state index in [4.69, 9.17) is 4.74 Å². The van der Waals surface area contributed by atoms with Crippen LogP contribution < -0.4 is 4.72 Å². The number of nitrogens with zero attached hydrogens (tertiary/aromatic N) is 3. The zero-order valence-corrected chi connectivity index (χ0v) is 13.4. The highest BCUT2D eigenvalue weighted by atomic mass is 32.2. The molecule has 0 spiro atoms. The van der Waals surface area contributed by atoms with Crippen LogP contribution in [-0.4, -0.2) is 33.0 Å². The molecule has 0 aliphatic heterocycles. The third-order valence-electron chi connectivity index (χ3n) is 3.68. The number of rotatable bonds is 8. The lowest BCUT2D eigenvalue weighted by molar-refractivity contribution is -0.146. The van der Waals surface area contributed by atoms with Crippen molar-refractivity contribution in [2.75, 3.05) is 6.61 Å². The van der Waals surface area contributed by atoms with E-state index in [2.05, 4.69) is 22.0 Å². The second kappa shape index (κ2) is 7.11. The summed E-state index contributed by atoms with van der Waals surface area (Å²) in [7, 11) is 0. The van der Waals surface area contributed by atoms with Gasteiger partial charge in [0.05, 0.1) is 18.7 Å². The van der Waals surface area contributed by atoms with E-state index in [0.717, 1.165) is 36.7 Å². The van der Waals surface area contributed by atoms with Crippen LogP contribution in [0.15, 0.2) is 24.3 Å². The Bertz CT molecular complexity index is 641. The van der Waals surface area contributed by atoms with Crippen molar-refractivity contribution in [1.82, 2.24) is 19.1 Å². The van der Waals surface area contributed by atoms with Crippen molar-refractivity contribution in [2.45, 2.75) is 38.6 Å². The summed E-state index contributed by atoms with van der Waals surface area (Å²) >= 11 is 1.29. The highest BCUT2D eigenvalue weighted by Crippen LogP contribution is 2.34. The summed E-state index contributed by atoms with van der Waals surface area (Å²) in [5, 5.41) is 8.20. The number of unbranched alkanes of at least 4 members (excludes halogenated alkanes) is 1. The zero-order chi connectivity index (χ0) is 15.4. The molecular formula is C15H20N4O2S. The van der Waals surface area contributed by atoms with Gasteiger partial charge in [-0.25, -0.2) is 4.72 Å². The van der Waals surface area contributed by atoms with Crippen molar-refractivity contribution in [3.63, 3.8) is 0 Å². The number of benzene rings is 1. The standard InChI is InChI=1S/C15H20N4O2S/c1-2-3-10-21-15(20)14(11-8-9-11)17-22-19-13-7-5-4-6-12(13)16-18-19/h4-7,11,14,17H,2-3,8-10H2,1H3/t14-/m0/s1. The Morgan fingerprint density at radius 2 is 2.32 bits per heavy atom. The highest BCUT2D eigenvalue weighted by molar-refractivity contribution is 7.96. The second-order valence-corrected chi connectivity index (χ2v) is 6.26. The van der Waals surface area contributed by atoms with Gasteiger partial charge in [-0.05, 0) is 37.3 Å². The van der Waals surface area contributed by atoms with Gasteiger partial charge in [0.1, 0.15) is 17.1 Å². The SMILES string of the molecule is CCCCOC(=O)[C@@H](NSn1nnc2ccccc21)C1CC1. The molecule has 0 unspecified atom stereocenters. The van der Waals surface area contributed by atoms with Gasteiger partial charge in [-0.2, -0.15) is 4.09 Å². The summed E-state index contributed by atoms with van der Waals surface area (Å²) in [6.07, 6.45) is 4.07. The van der Waals surface area contributed by atoms with E-state index in [-0.39, 0.29) is 12.0 Å². The molecule has 3 rings (SSSR count). The van der Waals surface area contributed by atoms with Gasteiger partial charge >= 0.3 is 5.97 Å². The third kappa shape index (κ3) is 3.59. The largest absolute Gasteiger partial charge is 0.464 e. The molecule has 22 heavy (non-hydrogen) atoms. The fraction of sp³-hybridized carbons (Fsp3) is 0.533. The van der Waals surface area contributed by atoms with Crippen molar-refractivity contribution in [3.05, 3.63) is 24.3 Å². The molecule has 1 aromatic heterocycles. The molecule has 1 saturated carbocycles. The topological polar surface area (TPSA) is 69.0 Å². The quantitative estimate of drug-likeness (QED) is 0.458. The number of carbonyl (C=O) groups excluding carboxylic acids is 1. The van der Waals surface area contributed by atoms with Gasteiger partial charge in [0.25, 0.3) is 0 Å². The van der Waals surface area contributed by atoms with Gasteiger partial charge in [0, 0.05) is 0 Å². The smallest absolute Gasteiger partial charge is 0.324 e. The molecular weight excluding hydrogens is 300 g/mol. The maximum Gasteiger partial charge on any atom is 0.324 e. The molecule has 0 saturated heterocycles. The number of nitrogens with one attached hydrogen (secondary N) is 1. The maximum atomic E-state index is 12.2. The van der Waals surface area contributed by atoms with E-state index >= 15 is 0 Å². The number of para-hydroxylation sites is 1. The van der Waals surface area contributed by atoms with E-state index in [0.29, 0.717) is 12.5 Å². The summed E-state index contributed by atoms with van der Waals surface area (Å²) in [5.41, 5.74) is 1.76. The summed E-state index contributed by atoms with van der Waals surface area (Å²) in [6, 6.07) is 7.47. The monoisotopic (exact) mass is 320 g/mol. The van der Waals surface area contributed by atoms with Crippen LogP contribution in [0.5, 0.6) is 0 Å². The zero-order valence-electron chi connectivity index (χ0n) is 12.6. The Morgan fingerprint density at radius 3 is 3.09 bits per heavy atom. The number of aromatic nitrogens is 3. The number of carbonyl (C=O) groups is 1. The maximum absolute atomic E-state index is 12.2. The first-order chi connectivity index (χ1) is 10.8. The highest BCUT2D eigenvalue weighted by Gasteiger charge is 2.37. The van der Waals surface area contributed by atoms with Gasteiger partial charge < -0.3 is 4.74 Å². The van der Waals surface area contributed by atoms with Gasteiger partial charge in [0.15, 0.2) is 0 Å². The minimum atomic E-state index is -0.273. The Morgan fingerprint density at radius 1 is 1.50 bits per heavy atom. The Labute approximate surface area is 133 Å². The molecule has 1 aliphatic carbocycles. The fourth-order valence-electron chi connectivity index (χ4n) is 2.19. The number of hydrogen-bond acceptors (Lipinski definition) is 6. The molecule has 0 bridgehead atoms. The Balaban J connectivity index is 1.61. The number of esters is 1. The first kappa shape index (κ1) is 15.3. The molecule has 1 heterocycles. The van der Waals surface area contributed by atoms with Gasteiger partial charge in [-0.1, -0.05) is 30.7 Å². The lowest BCUT2D eigenvalue weighted by Gasteiger charge is -2.16. The molecule has 1 fully saturated rings. The minimum Gasteiger partial charge on any atom is -0.464 e. The van der Waals surface area contributed by atoms with Crippen LogP contribution in [0.25, 0.3) is 11.0 Å². The summed E-state index contributed by atoms with van der Waals surface area (Å²) < 4.78 is 10.2. The molecule has 1 aromatic carbocycles. The van der Waals surface area contributed by atoms with Crippen LogP contribution >= 0.6 is 12.1 Å². The molecule has 6 nitrogen and oxygen atoms in total. The second-order valence-electron chi connectivity index (χ2n) is 5.50. The van der Waals surface area contributed by atoms with Crippen molar-refractivity contribution >= 4 is 29.1 Å². The number of fused-ring (bicyclic) bond motifs is 1. The van der Waals surface area contributed by atoms with Gasteiger partial charge in [-0.3, -0.25) is 4.79 Å². The normalized spacial score (nSPS) is 15.9.